The van der Waals surface area contributed by atoms with E-state index in [1.807, 2.05) is 91.2 Å². The molecule has 1 aliphatic carbocycles. The van der Waals surface area contributed by atoms with Crippen LogP contribution in [0.3, 0.4) is 0 Å². The van der Waals surface area contributed by atoms with Gasteiger partial charge >= 0.3 is 0 Å². The maximum Gasteiger partial charge on any atom is 0.202 e. The average molecular weight is 1040 g/mol. The number of alkyl halides is 1. The Kier molecular flexibility index (Phi) is 17.2. The molecule has 6 aromatic heterocycles. The van der Waals surface area contributed by atoms with Crippen LogP contribution in [0.5, 0.6) is 11.5 Å². The van der Waals surface area contributed by atoms with E-state index in [-0.39, 0.29) is 5.92 Å². The highest BCUT2D eigenvalue weighted by Crippen LogP contribution is 2.52. The van der Waals surface area contributed by atoms with Crippen LogP contribution < -0.4 is 20.9 Å². The molecule has 0 amide bonds. The smallest absolute Gasteiger partial charge is 0.202 e. The van der Waals surface area contributed by atoms with Crippen LogP contribution in [0.15, 0.2) is 106 Å². The number of halogens is 1. The van der Waals surface area contributed by atoms with Gasteiger partial charge in [0, 0.05) is 70.3 Å². The summed E-state index contributed by atoms with van der Waals surface area (Å²) in [4.78, 5) is 33.1. The number of fused-ring (bicyclic) bond motifs is 2. The minimum absolute atomic E-state index is 0.0443. The monoisotopic (exact) mass is 1040 g/mol. The molecule has 1 aliphatic rings. The summed E-state index contributed by atoms with van der Waals surface area (Å²) in [6.07, 6.45) is 14.0. The standard InChI is InChI=1S/C54H56FN11O2S3.C2H6/c1-7-38(27-58-3)40-23-43-50(61-28-40)66(53(57)64-43)30-37-12-16-46(45(22-37)68-5)70-31-41-32-71-51(62-41)48(55)54(2)19-18-33(24-54)8-9-35-20-42-49(60-26-35)65(52(56)63-42)29-36-11-15-39(44(21-36)67-4)14-10-34-13-17-47(69-6)59-25-34;1-2/h7,11-13,15-17,20-23,25-28,32-33,48H,10,14,18-19,24,29-31H2,1-6H3,(H2,56,63)(H2,57,64);1-2H3/b38-7+,58-27?;. The number of anilines is 2. The highest BCUT2D eigenvalue weighted by atomic mass is 32.2. The molecule has 2 aromatic carbocycles. The van der Waals surface area contributed by atoms with E-state index in [1.165, 1.54) is 16.9 Å². The van der Waals surface area contributed by atoms with Gasteiger partial charge in [-0.15, -0.1) is 34.9 Å². The van der Waals surface area contributed by atoms with Gasteiger partial charge in [-0.05, 0) is 110 Å². The van der Waals surface area contributed by atoms with Gasteiger partial charge < -0.3 is 20.9 Å². The van der Waals surface area contributed by atoms with E-state index >= 15 is 4.39 Å². The predicted molar refractivity (Wildman–Crippen MR) is 299 cm³/mol. The number of pyridine rings is 3. The third-order valence-corrected chi connectivity index (χ3v) is 15.7. The second-order valence-electron chi connectivity index (χ2n) is 17.9. The third-order valence-electron chi connectivity index (χ3n) is 13.1. The largest absolute Gasteiger partial charge is 0.496 e. The minimum atomic E-state index is -1.20. The SMILES string of the molecule is C/C=C(\C=NC)c1cnc2c(c1)nc(N)n2Cc1ccc(SCc2csc(C(F)C3(C)CCC(C#Cc4cnc5c(c4)nc(N)n5Cc4ccc(CCc5ccc(SC)nc5)c(OC)c4)C3)n2)c(OC)c1.CC. The number of methoxy groups -OCH3 is 2. The molecule has 13 nitrogen and oxygen atoms in total. The first-order chi connectivity index (χ1) is 35.5. The Morgan fingerprint density at radius 2 is 1.58 bits per heavy atom. The van der Waals surface area contributed by atoms with Gasteiger partial charge in [0.15, 0.2) is 17.5 Å². The van der Waals surface area contributed by atoms with Gasteiger partial charge in [-0.2, -0.15) is 0 Å². The number of nitrogens with two attached hydrogens (primary N) is 2. The van der Waals surface area contributed by atoms with Crippen molar-refractivity contribution in [2.45, 2.75) is 94.7 Å². The summed E-state index contributed by atoms with van der Waals surface area (Å²) in [5, 5.41) is 3.48. The van der Waals surface area contributed by atoms with E-state index in [1.54, 1.807) is 57.2 Å². The van der Waals surface area contributed by atoms with Crippen molar-refractivity contribution in [3.05, 3.63) is 135 Å². The van der Waals surface area contributed by atoms with E-state index < -0.39 is 11.6 Å². The number of allylic oxidation sites excluding steroid dienone is 2. The number of aryl methyl sites for hydroxylation is 2. The summed E-state index contributed by atoms with van der Waals surface area (Å²) in [5.74, 6) is 9.68. The normalized spacial score (nSPS) is 16.1. The molecule has 0 saturated heterocycles. The number of aromatic nitrogens is 8. The quantitative estimate of drug-likeness (QED) is 0.0503. The molecule has 73 heavy (non-hydrogen) atoms. The summed E-state index contributed by atoms with van der Waals surface area (Å²) >= 11 is 4.63. The Labute approximate surface area is 439 Å². The second kappa shape index (κ2) is 23.9. The van der Waals surface area contributed by atoms with Crippen molar-refractivity contribution in [3.8, 4) is 23.3 Å². The fourth-order valence-corrected chi connectivity index (χ4v) is 11.5. The van der Waals surface area contributed by atoms with Gasteiger partial charge in [0.2, 0.25) is 11.9 Å². The van der Waals surface area contributed by atoms with Crippen molar-refractivity contribution in [1.82, 2.24) is 39.0 Å². The van der Waals surface area contributed by atoms with Crippen LogP contribution in [0.1, 0.15) is 97.2 Å². The van der Waals surface area contributed by atoms with Gasteiger partial charge in [0.1, 0.15) is 27.5 Å². The summed E-state index contributed by atoms with van der Waals surface area (Å²) in [5.41, 5.74) is 22.8. The molecule has 3 atom stereocenters. The van der Waals surface area contributed by atoms with Gasteiger partial charge in [0.25, 0.3) is 0 Å². The average Bonchev–Trinajstić information content (AvgIpc) is 4.20. The minimum Gasteiger partial charge on any atom is -0.496 e. The number of nitrogen functional groups attached to an aromatic ring is 2. The number of thioether (sulfide) groups is 2. The number of nitrogens with zero attached hydrogens (tertiary/aromatic N) is 9. The Hall–Kier alpha value is -6.74. The van der Waals surface area contributed by atoms with Crippen LogP contribution in [0, 0.1) is 23.2 Å². The zero-order valence-electron chi connectivity index (χ0n) is 42.6. The van der Waals surface area contributed by atoms with Crippen LogP contribution in [0.25, 0.3) is 27.9 Å². The topological polar surface area (TPSA) is 170 Å². The van der Waals surface area contributed by atoms with E-state index in [4.69, 9.17) is 35.9 Å². The zero-order valence-corrected chi connectivity index (χ0v) is 45.1. The fourth-order valence-electron chi connectivity index (χ4n) is 9.16. The van der Waals surface area contributed by atoms with Gasteiger partial charge in [-0.25, -0.2) is 34.3 Å². The first-order valence-electron chi connectivity index (χ1n) is 24.3. The van der Waals surface area contributed by atoms with Crippen LogP contribution in [-0.2, 0) is 31.7 Å². The summed E-state index contributed by atoms with van der Waals surface area (Å²) in [6.45, 7) is 8.94. The van der Waals surface area contributed by atoms with Crippen molar-refractivity contribution in [2.24, 2.45) is 16.3 Å². The first-order valence-corrected chi connectivity index (χ1v) is 27.4. The Morgan fingerprint density at radius 1 is 0.890 bits per heavy atom. The Morgan fingerprint density at radius 3 is 2.25 bits per heavy atom. The highest BCUT2D eigenvalue weighted by Gasteiger charge is 2.43. The molecule has 17 heteroatoms. The molecule has 378 valence electrons. The van der Waals surface area contributed by atoms with Crippen LogP contribution in [0.2, 0.25) is 0 Å². The molecular formula is C56H62FN11O2S3. The molecule has 1 fully saturated rings. The van der Waals surface area contributed by atoms with Crippen molar-refractivity contribution in [3.63, 3.8) is 0 Å². The van der Waals surface area contributed by atoms with Crippen LogP contribution >= 0.6 is 34.9 Å². The molecule has 6 heterocycles. The number of hydrogen-bond donors (Lipinski definition) is 2. The first kappa shape index (κ1) is 52.6. The van der Waals surface area contributed by atoms with Gasteiger partial charge in [0.05, 0.1) is 38.0 Å². The van der Waals surface area contributed by atoms with E-state index in [9.17, 15) is 0 Å². The summed E-state index contributed by atoms with van der Waals surface area (Å²) < 4.78 is 31.9. The van der Waals surface area contributed by atoms with Crippen molar-refractivity contribution < 1.29 is 13.9 Å². The second-order valence-corrected chi connectivity index (χ2v) is 20.6. The number of aliphatic imine (C=N–C) groups is 1. The lowest BCUT2D eigenvalue weighted by atomic mass is 9.83. The predicted octanol–water partition coefficient (Wildman–Crippen LogP) is 12.1. The van der Waals surface area contributed by atoms with Crippen molar-refractivity contribution >= 4 is 80.9 Å². The highest BCUT2D eigenvalue weighted by molar-refractivity contribution is 7.98. The molecule has 0 aliphatic heterocycles. The van der Waals surface area contributed by atoms with Crippen molar-refractivity contribution in [2.75, 3.05) is 39.0 Å². The maximum atomic E-state index is 16.4. The number of imidazole rings is 2. The summed E-state index contributed by atoms with van der Waals surface area (Å²) in [6, 6.07) is 20.5. The maximum absolute atomic E-state index is 16.4. The molecule has 4 N–H and O–H groups in total. The Bertz CT molecular complexity index is 3340. The molecule has 0 radical (unpaired) electrons. The Balaban J connectivity index is 0.00000351. The zero-order chi connectivity index (χ0) is 51.6. The third kappa shape index (κ3) is 12.0. The van der Waals surface area contributed by atoms with Crippen molar-refractivity contribution in [1.29, 1.82) is 0 Å². The molecule has 1 saturated carbocycles. The van der Waals surface area contributed by atoms with Gasteiger partial charge in [-0.1, -0.05) is 63.0 Å². The number of hydrogen-bond acceptors (Lipinski definition) is 14. The number of ether oxygens (including phenoxy) is 2. The molecule has 0 spiro atoms. The van der Waals surface area contributed by atoms with Gasteiger partial charge in [-0.3, -0.25) is 14.1 Å². The lowest BCUT2D eigenvalue weighted by Gasteiger charge is -2.26. The molecule has 0 bridgehead atoms. The molecule has 9 rings (SSSR count). The summed E-state index contributed by atoms with van der Waals surface area (Å²) in [7, 11) is 5.10. The van der Waals surface area contributed by atoms with E-state index in [0.29, 0.717) is 64.5 Å². The molecular weight excluding hydrogens is 974 g/mol. The number of thiazole rings is 1. The number of benzene rings is 2. The van der Waals surface area contributed by atoms with Crippen LogP contribution in [0.4, 0.5) is 16.3 Å². The van der Waals surface area contributed by atoms with E-state index in [0.717, 1.165) is 86.2 Å². The lowest BCUT2D eigenvalue weighted by Crippen LogP contribution is -2.19. The molecule has 8 aromatic rings. The van der Waals surface area contributed by atoms with Crippen LogP contribution in [-0.4, -0.2) is 72.8 Å². The fraction of sp³-hybridized carbons (Fsp3) is 0.339. The molecule has 3 unspecified atom stereocenters. The number of rotatable bonds is 17. The lowest BCUT2D eigenvalue weighted by molar-refractivity contribution is 0.128. The van der Waals surface area contributed by atoms with E-state index in [2.05, 4.69) is 68.2 Å².